The van der Waals surface area contributed by atoms with Crippen LogP contribution in [0.5, 0.6) is 0 Å². The van der Waals surface area contributed by atoms with E-state index in [1.54, 1.807) is 0 Å². The van der Waals surface area contributed by atoms with Gasteiger partial charge in [0.15, 0.2) is 5.65 Å². The highest BCUT2D eigenvalue weighted by Gasteiger charge is 2.24. The van der Waals surface area contributed by atoms with Crippen molar-refractivity contribution < 1.29 is 4.79 Å². The lowest BCUT2D eigenvalue weighted by molar-refractivity contribution is 0.0940. The number of amides is 1. The van der Waals surface area contributed by atoms with Crippen molar-refractivity contribution in [2.24, 2.45) is 0 Å². The van der Waals surface area contributed by atoms with Gasteiger partial charge in [-0.05, 0) is 55.9 Å². The number of aryl methyl sites for hydroxylation is 3. The summed E-state index contributed by atoms with van der Waals surface area (Å²) < 4.78 is 1.95. The maximum atomic E-state index is 13.5. The Morgan fingerprint density at radius 3 is 2.11 bits per heavy atom. The molecule has 0 saturated heterocycles. The molecule has 2 heterocycles. The normalized spacial score (nSPS) is 12.1. The monoisotopic (exact) mass is 477 g/mol. The zero-order valence-electron chi connectivity index (χ0n) is 20.5. The Hall–Kier alpha value is -4.19. The van der Waals surface area contributed by atoms with Crippen molar-refractivity contribution in [1.29, 1.82) is 0 Å². The van der Waals surface area contributed by atoms with Crippen LogP contribution >= 0.6 is 0 Å². The highest BCUT2D eigenvalue weighted by molar-refractivity contribution is 6.10. The molecule has 6 nitrogen and oxygen atoms in total. The minimum atomic E-state index is -0.204. The van der Waals surface area contributed by atoms with Crippen LogP contribution in [0, 0.1) is 0 Å². The highest BCUT2D eigenvalue weighted by Crippen LogP contribution is 2.28. The molecule has 0 spiro atoms. The summed E-state index contributed by atoms with van der Waals surface area (Å²) in [6, 6.07) is 28.4. The Labute approximate surface area is 211 Å². The molecular weight excluding hydrogens is 446 g/mol. The fourth-order valence-electron chi connectivity index (χ4n) is 4.65. The zero-order valence-corrected chi connectivity index (χ0v) is 20.5. The van der Waals surface area contributed by atoms with E-state index in [1.807, 2.05) is 72.2 Å². The van der Waals surface area contributed by atoms with Gasteiger partial charge in [0, 0.05) is 12.6 Å². The predicted octanol–water partition coefficient (Wildman–Crippen LogP) is 5.55. The summed E-state index contributed by atoms with van der Waals surface area (Å²) in [4.78, 5) is 23.2. The largest absolute Gasteiger partial charge is 0.384 e. The van der Waals surface area contributed by atoms with Crippen molar-refractivity contribution >= 4 is 33.9 Å². The second-order valence-corrected chi connectivity index (χ2v) is 9.28. The summed E-state index contributed by atoms with van der Waals surface area (Å²) >= 11 is 0. The molecule has 0 aliphatic rings. The first-order valence-electron chi connectivity index (χ1n) is 12.5. The average Bonchev–Trinajstić information content (AvgIpc) is 3.17. The van der Waals surface area contributed by atoms with E-state index in [-0.39, 0.29) is 11.9 Å². The molecule has 5 aromatic rings. The summed E-state index contributed by atoms with van der Waals surface area (Å²) in [7, 11) is 0. The molecule has 3 aromatic carbocycles. The number of carbonyl (C=O) groups excluding carboxylic acids is 1. The van der Waals surface area contributed by atoms with E-state index in [1.165, 1.54) is 11.1 Å². The fourth-order valence-corrected chi connectivity index (χ4v) is 4.65. The lowest BCUT2D eigenvalue weighted by Crippen LogP contribution is -2.33. The lowest BCUT2D eigenvalue weighted by atomic mass is 10.1. The second kappa shape index (κ2) is 10.6. The molecule has 0 aliphatic heterocycles. The van der Waals surface area contributed by atoms with Crippen LogP contribution in [0.2, 0.25) is 0 Å². The summed E-state index contributed by atoms with van der Waals surface area (Å²) in [5.74, 6) is 0.213. The second-order valence-electron chi connectivity index (χ2n) is 9.28. The number of carbonyl (C=O) groups is 1. The van der Waals surface area contributed by atoms with E-state index in [4.69, 9.17) is 15.7 Å². The van der Waals surface area contributed by atoms with Crippen LogP contribution < -0.4 is 11.1 Å². The Morgan fingerprint density at radius 1 is 0.861 bits per heavy atom. The minimum Gasteiger partial charge on any atom is -0.384 e. The number of benzene rings is 3. The van der Waals surface area contributed by atoms with Gasteiger partial charge >= 0.3 is 0 Å². The maximum Gasteiger partial charge on any atom is 0.257 e. The zero-order chi connectivity index (χ0) is 24.9. The fraction of sp³-hybridized carbons (Fsp3) is 0.233. The SMILES string of the molecule is C[C@@H](CCc1ccccc1)NC(=O)c1c(N)n(CCCc2ccccc2)c2nc3ccccc3nc12. The third-order valence-electron chi connectivity index (χ3n) is 6.59. The average molecular weight is 478 g/mol. The Balaban J connectivity index is 1.41. The number of nitrogens with one attached hydrogen (secondary N) is 1. The molecule has 0 radical (unpaired) electrons. The predicted molar refractivity (Wildman–Crippen MR) is 146 cm³/mol. The molecule has 0 unspecified atom stereocenters. The van der Waals surface area contributed by atoms with Crippen molar-refractivity contribution in [3.05, 3.63) is 102 Å². The van der Waals surface area contributed by atoms with Crippen LogP contribution in [0.4, 0.5) is 5.82 Å². The summed E-state index contributed by atoms with van der Waals surface area (Å²) in [6.45, 7) is 2.68. The van der Waals surface area contributed by atoms with E-state index in [0.29, 0.717) is 29.1 Å². The summed E-state index contributed by atoms with van der Waals surface area (Å²) in [5, 5.41) is 3.14. The molecule has 0 aliphatic carbocycles. The van der Waals surface area contributed by atoms with Crippen molar-refractivity contribution in [3.8, 4) is 0 Å². The Kier molecular flexibility index (Phi) is 6.94. The van der Waals surface area contributed by atoms with Crippen LogP contribution in [0.1, 0.15) is 41.3 Å². The number of nitrogen functional groups attached to an aromatic ring is 1. The number of rotatable bonds is 9. The number of nitrogens with two attached hydrogens (primary N) is 1. The van der Waals surface area contributed by atoms with Crippen molar-refractivity contribution in [2.75, 3.05) is 5.73 Å². The van der Waals surface area contributed by atoms with E-state index in [2.05, 4.69) is 29.6 Å². The van der Waals surface area contributed by atoms with Gasteiger partial charge in [0.25, 0.3) is 5.91 Å². The first-order valence-corrected chi connectivity index (χ1v) is 12.5. The van der Waals surface area contributed by atoms with Gasteiger partial charge in [0.05, 0.1) is 11.0 Å². The first kappa shape index (κ1) is 23.5. The third kappa shape index (κ3) is 5.08. The Morgan fingerprint density at radius 2 is 1.44 bits per heavy atom. The molecule has 36 heavy (non-hydrogen) atoms. The van der Waals surface area contributed by atoms with Crippen LogP contribution in [-0.2, 0) is 19.4 Å². The maximum absolute atomic E-state index is 13.5. The number of anilines is 1. The number of hydrogen-bond donors (Lipinski definition) is 2. The smallest absolute Gasteiger partial charge is 0.257 e. The van der Waals surface area contributed by atoms with E-state index in [9.17, 15) is 4.79 Å². The van der Waals surface area contributed by atoms with Crippen LogP contribution in [0.15, 0.2) is 84.9 Å². The molecular formula is C30H31N5O. The molecule has 3 N–H and O–H groups in total. The molecule has 0 fully saturated rings. The van der Waals surface area contributed by atoms with E-state index >= 15 is 0 Å². The molecule has 182 valence electrons. The lowest BCUT2D eigenvalue weighted by Gasteiger charge is -2.14. The van der Waals surface area contributed by atoms with Gasteiger partial charge in [-0.25, -0.2) is 9.97 Å². The van der Waals surface area contributed by atoms with Gasteiger partial charge in [-0.1, -0.05) is 72.8 Å². The van der Waals surface area contributed by atoms with Gasteiger partial charge in [-0.2, -0.15) is 0 Å². The van der Waals surface area contributed by atoms with E-state index in [0.717, 1.165) is 36.7 Å². The van der Waals surface area contributed by atoms with Crippen molar-refractivity contribution in [3.63, 3.8) is 0 Å². The summed E-state index contributed by atoms with van der Waals surface area (Å²) in [6.07, 6.45) is 3.52. The van der Waals surface area contributed by atoms with Gasteiger partial charge in [0.1, 0.15) is 16.9 Å². The third-order valence-corrected chi connectivity index (χ3v) is 6.59. The molecule has 6 heteroatoms. The summed E-state index contributed by atoms with van der Waals surface area (Å²) in [5.41, 5.74) is 12.3. The quantitative estimate of drug-likeness (QED) is 0.291. The van der Waals surface area contributed by atoms with Crippen molar-refractivity contribution in [2.45, 2.75) is 45.2 Å². The van der Waals surface area contributed by atoms with E-state index < -0.39 is 0 Å². The minimum absolute atomic E-state index is 0.0120. The van der Waals surface area contributed by atoms with Gasteiger partial charge in [0.2, 0.25) is 0 Å². The van der Waals surface area contributed by atoms with Crippen LogP contribution in [0.25, 0.3) is 22.2 Å². The molecule has 1 amide bonds. The van der Waals surface area contributed by atoms with Crippen molar-refractivity contribution in [1.82, 2.24) is 19.9 Å². The number of hydrogen-bond acceptors (Lipinski definition) is 4. The molecule has 5 rings (SSSR count). The first-order chi connectivity index (χ1) is 17.6. The standard InChI is InChI=1S/C30H31N5O/c1-21(18-19-23-13-6-3-7-14-23)32-30(36)26-27-29(34-25-17-9-8-16-24(25)33-27)35(28(26)31)20-10-15-22-11-4-2-5-12-22/h2-9,11-14,16-17,21H,10,15,18-20,31H2,1H3,(H,32,36)/t21-/m0/s1. The van der Waals surface area contributed by atoms with Gasteiger partial charge in [-0.3, -0.25) is 4.79 Å². The van der Waals surface area contributed by atoms with Gasteiger partial charge < -0.3 is 15.6 Å². The molecule has 0 bridgehead atoms. The number of nitrogens with zero attached hydrogens (tertiary/aromatic N) is 3. The number of aromatic nitrogens is 3. The topological polar surface area (TPSA) is 85.8 Å². The number of para-hydroxylation sites is 2. The molecule has 1 atom stereocenters. The Bertz CT molecular complexity index is 1480. The highest BCUT2D eigenvalue weighted by atomic mass is 16.1. The van der Waals surface area contributed by atoms with Gasteiger partial charge in [-0.15, -0.1) is 0 Å². The number of fused-ring (bicyclic) bond motifs is 2. The van der Waals surface area contributed by atoms with Crippen LogP contribution in [-0.4, -0.2) is 26.5 Å². The molecule has 2 aromatic heterocycles. The molecule has 0 saturated carbocycles. The van der Waals surface area contributed by atoms with Crippen LogP contribution in [0.3, 0.4) is 0 Å².